The highest BCUT2D eigenvalue weighted by atomic mass is 35.5. The molecule has 7 nitrogen and oxygen atoms in total. The molecule has 2 rings (SSSR count). The highest BCUT2D eigenvalue weighted by Gasteiger charge is 2.35. The Kier molecular flexibility index (Phi) is 10.2. The molecule has 1 atom stereocenters. The Labute approximate surface area is 199 Å². The van der Waals surface area contributed by atoms with E-state index in [0.29, 0.717) is 5.56 Å². The number of esters is 2. The lowest BCUT2D eigenvalue weighted by Crippen LogP contribution is -2.42. The SMILES string of the molecule is CC(C)(C)OC(=O)[C@H](c1ccccc1)N(CCCC(=O)OCc1ccccc1)C(=O)OCCl. The Morgan fingerprint density at radius 3 is 2.12 bits per heavy atom. The second-order valence-corrected chi connectivity index (χ2v) is 8.53. The molecule has 2 aromatic rings. The molecule has 0 aliphatic carbocycles. The summed E-state index contributed by atoms with van der Waals surface area (Å²) in [6.07, 6.45) is -0.452. The van der Waals surface area contributed by atoms with Gasteiger partial charge in [-0.25, -0.2) is 9.59 Å². The molecule has 0 spiro atoms. The van der Waals surface area contributed by atoms with E-state index in [0.717, 1.165) is 5.56 Å². The fourth-order valence-corrected chi connectivity index (χ4v) is 3.19. The third-order valence-electron chi connectivity index (χ3n) is 4.49. The number of alkyl halides is 1. The van der Waals surface area contributed by atoms with Crippen molar-refractivity contribution in [3.63, 3.8) is 0 Å². The number of hydrogen-bond acceptors (Lipinski definition) is 6. The van der Waals surface area contributed by atoms with Crippen LogP contribution in [0.2, 0.25) is 0 Å². The summed E-state index contributed by atoms with van der Waals surface area (Å²) in [6, 6.07) is 16.7. The maximum Gasteiger partial charge on any atom is 0.411 e. The average molecular weight is 476 g/mol. The third kappa shape index (κ3) is 9.14. The van der Waals surface area contributed by atoms with Gasteiger partial charge in [-0.2, -0.15) is 0 Å². The van der Waals surface area contributed by atoms with E-state index in [1.807, 2.05) is 30.3 Å². The Balaban J connectivity index is 2.11. The van der Waals surface area contributed by atoms with E-state index >= 15 is 0 Å². The van der Waals surface area contributed by atoms with Crippen molar-refractivity contribution in [2.75, 3.05) is 12.6 Å². The number of carbonyl (C=O) groups is 3. The van der Waals surface area contributed by atoms with E-state index in [1.54, 1.807) is 51.1 Å². The van der Waals surface area contributed by atoms with Crippen molar-refractivity contribution >= 4 is 29.6 Å². The first kappa shape index (κ1) is 26.2. The molecule has 0 unspecified atom stereocenters. The Morgan fingerprint density at radius 1 is 0.939 bits per heavy atom. The standard InChI is InChI=1S/C25H30ClNO6/c1-25(2,3)33-23(29)22(20-13-8-5-9-14-20)27(24(30)32-18-26)16-10-15-21(28)31-17-19-11-6-4-7-12-19/h4-9,11-14,22H,10,15-18H2,1-3H3/t22-/m0/s1. The van der Waals surface area contributed by atoms with Crippen LogP contribution in [0.5, 0.6) is 0 Å². The molecule has 0 radical (unpaired) electrons. The summed E-state index contributed by atoms with van der Waals surface area (Å²) >= 11 is 5.60. The van der Waals surface area contributed by atoms with Crippen molar-refractivity contribution in [1.82, 2.24) is 4.90 Å². The van der Waals surface area contributed by atoms with Crippen LogP contribution in [0.15, 0.2) is 60.7 Å². The molecule has 0 heterocycles. The van der Waals surface area contributed by atoms with E-state index in [9.17, 15) is 14.4 Å². The van der Waals surface area contributed by atoms with E-state index in [-0.39, 0.29) is 32.1 Å². The summed E-state index contributed by atoms with van der Waals surface area (Å²) in [7, 11) is 0. The molecular weight excluding hydrogens is 446 g/mol. The lowest BCUT2D eigenvalue weighted by molar-refractivity contribution is -0.161. The maximum absolute atomic E-state index is 13.1. The van der Waals surface area contributed by atoms with Crippen LogP contribution >= 0.6 is 11.6 Å². The van der Waals surface area contributed by atoms with Crippen LogP contribution in [0.1, 0.15) is 50.8 Å². The zero-order valence-corrected chi connectivity index (χ0v) is 19.9. The van der Waals surface area contributed by atoms with Gasteiger partial charge in [0.25, 0.3) is 0 Å². The maximum atomic E-state index is 13.1. The smallest absolute Gasteiger partial charge is 0.411 e. The molecule has 0 N–H and O–H groups in total. The number of nitrogens with zero attached hydrogens (tertiary/aromatic N) is 1. The number of carbonyl (C=O) groups excluding carboxylic acids is 3. The molecule has 8 heteroatoms. The summed E-state index contributed by atoms with van der Waals surface area (Å²) in [5.74, 6) is -1.01. The van der Waals surface area contributed by atoms with Gasteiger partial charge in [-0.05, 0) is 38.3 Å². The molecule has 33 heavy (non-hydrogen) atoms. The van der Waals surface area contributed by atoms with E-state index < -0.39 is 29.7 Å². The first-order valence-electron chi connectivity index (χ1n) is 10.7. The van der Waals surface area contributed by atoms with Gasteiger partial charge in [0.05, 0.1) is 0 Å². The lowest BCUT2D eigenvalue weighted by Gasteiger charge is -2.32. The van der Waals surface area contributed by atoms with Gasteiger partial charge in [0, 0.05) is 13.0 Å². The van der Waals surface area contributed by atoms with Gasteiger partial charge >= 0.3 is 18.0 Å². The van der Waals surface area contributed by atoms with Gasteiger partial charge in [-0.15, -0.1) is 0 Å². The Hall–Kier alpha value is -3.06. The van der Waals surface area contributed by atoms with Crippen molar-refractivity contribution in [3.8, 4) is 0 Å². The second-order valence-electron chi connectivity index (χ2n) is 8.31. The third-order valence-corrected chi connectivity index (χ3v) is 4.60. The molecule has 1 amide bonds. The second kappa shape index (κ2) is 12.8. The molecule has 0 saturated carbocycles. The highest BCUT2D eigenvalue weighted by molar-refractivity contribution is 6.17. The summed E-state index contributed by atoms with van der Waals surface area (Å²) in [4.78, 5) is 39.2. The zero-order chi connectivity index (χ0) is 24.3. The van der Waals surface area contributed by atoms with Gasteiger partial charge in [0.2, 0.25) is 0 Å². The quantitative estimate of drug-likeness (QED) is 0.266. The minimum Gasteiger partial charge on any atom is -0.461 e. The van der Waals surface area contributed by atoms with Gasteiger partial charge in [-0.3, -0.25) is 9.69 Å². The summed E-state index contributed by atoms with van der Waals surface area (Å²) in [5.41, 5.74) is 0.685. The van der Waals surface area contributed by atoms with Crippen molar-refractivity contribution in [3.05, 3.63) is 71.8 Å². The molecule has 178 valence electrons. The minimum atomic E-state index is -1.05. The van der Waals surface area contributed by atoms with Crippen LogP contribution in [0.25, 0.3) is 0 Å². The largest absolute Gasteiger partial charge is 0.461 e. The Bertz CT molecular complexity index is 898. The number of benzene rings is 2. The number of amides is 1. The predicted octanol–water partition coefficient (Wildman–Crippen LogP) is 5.23. The van der Waals surface area contributed by atoms with Crippen molar-refractivity contribution in [2.45, 2.75) is 51.9 Å². The van der Waals surface area contributed by atoms with Gasteiger partial charge < -0.3 is 14.2 Å². The molecule has 2 aromatic carbocycles. The predicted molar refractivity (Wildman–Crippen MR) is 124 cm³/mol. The van der Waals surface area contributed by atoms with Gasteiger partial charge in [0.15, 0.2) is 12.1 Å². The van der Waals surface area contributed by atoms with E-state index in [2.05, 4.69) is 0 Å². The van der Waals surface area contributed by atoms with E-state index in [1.165, 1.54) is 4.90 Å². The van der Waals surface area contributed by atoms with Crippen molar-refractivity contribution < 1.29 is 28.6 Å². The fraction of sp³-hybridized carbons (Fsp3) is 0.400. The fourth-order valence-electron chi connectivity index (χ4n) is 3.10. The molecular formula is C25H30ClNO6. The van der Waals surface area contributed by atoms with Crippen LogP contribution in [-0.2, 0) is 30.4 Å². The zero-order valence-electron chi connectivity index (χ0n) is 19.2. The molecule has 0 aromatic heterocycles. The molecule has 0 bridgehead atoms. The van der Waals surface area contributed by atoms with Crippen LogP contribution in [0, 0.1) is 0 Å². The first-order chi connectivity index (χ1) is 15.7. The average Bonchev–Trinajstić information content (AvgIpc) is 2.77. The number of hydrogen-bond donors (Lipinski definition) is 0. The Morgan fingerprint density at radius 2 is 1.55 bits per heavy atom. The monoisotopic (exact) mass is 475 g/mol. The van der Waals surface area contributed by atoms with Crippen LogP contribution in [-0.4, -0.2) is 41.1 Å². The van der Waals surface area contributed by atoms with E-state index in [4.69, 9.17) is 25.8 Å². The van der Waals surface area contributed by atoms with Gasteiger partial charge in [-0.1, -0.05) is 72.3 Å². The topological polar surface area (TPSA) is 82.1 Å². The van der Waals surface area contributed by atoms with Crippen molar-refractivity contribution in [2.24, 2.45) is 0 Å². The summed E-state index contributed by atoms with van der Waals surface area (Å²) < 4.78 is 15.8. The molecule has 0 aliphatic heterocycles. The normalized spacial score (nSPS) is 11.9. The minimum absolute atomic E-state index is 0.0628. The van der Waals surface area contributed by atoms with Gasteiger partial charge in [0.1, 0.15) is 12.2 Å². The van der Waals surface area contributed by atoms with Crippen LogP contribution in [0.3, 0.4) is 0 Å². The summed E-state index contributed by atoms with van der Waals surface area (Å²) in [6.45, 7) is 5.47. The molecule has 0 fully saturated rings. The number of ether oxygens (including phenoxy) is 3. The lowest BCUT2D eigenvalue weighted by atomic mass is 10.0. The van der Waals surface area contributed by atoms with Crippen LogP contribution in [0.4, 0.5) is 4.79 Å². The first-order valence-corrected chi connectivity index (χ1v) is 11.2. The highest BCUT2D eigenvalue weighted by Crippen LogP contribution is 2.26. The number of rotatable bonds is 10. The van der Waals surface area contributed by atoms with Crippen molar-refractivity contribution in [1.29, 1.82) is 0 Å². The molecule has 0 aliphatic rings. The number of halogens is 1. The van der Waals surface area contributed by atoms with Crippen LogP contribution < -0.4 is 0 Å². The summed E-state index contributed by atoms with van der Waals surface area (Å²) in [5, 5.41) is 0. The molecule has 0 saturated heterocycles.